The normalized spacial score (nSPS) is 11.4. The summed E-state index contributed by atoms with van der Waals surface area (Å²) in [6.07, 6.45) is 1.40. The Morgan fingerprint density at radius 1 is 1.39 bits per heavy atom. The third-order valence-electron chi connectivity index (χ3n) is 2.24. The van der Waals surface area contributed by atoms with Crippen LogP contribution < -0.4 is 16.2 Å². The van der Waals surface area contributed by atoms with E-state index in [9.17, 15) is 8.42 Å². The third-order valence-corrected chi connectivity index (χ3v) is 3.23. The maximum atomic E-state index is 11.2. The number of nitrogens with zero attached hydrogens (tertiary/aromatic N) is 2. The molecule has 96 valence electrons. The van der Waals surface area contributed by atoms with E-state index in [1.54, 1.807) is 6.07 Å². The van der Waals surface area contributed by atoms with Gasteiger partial charge in [-0.05, 0) is 18.2 Å². The second-order valence-corrected chi connectivity index (χ2v) is 5.11. The summed E-state index contributed by atoms with van der Waals surface area (Å²) in [5.41, 5.74) is 6.38. The van der Waals surface area contributed by atoms with Gasteiger partial charge in [-0.2, -0.15) is 5.10 Å². The van der Waals surface area contributed by atoms with Crippen molar-refractivity contribution in [2.75, 3.05) is 11.1 Å². The zero-order chi connectivity index (χ0) is 13.2. The molecule has 0 saturated carbocycles. The fourth-order valence-electron chi connectivity index (χ4n) is 1.42. The summed E-state index contributed by atoms with van der Waals surface area (Å²) in [6, 6.07) is 4.43. The van der Waals surface area contributed by atoms with Crippen LogP contribution >= 0.6 is 0 Å². The van der Waals surface area contributed by atoms with Crippen molar-refractivity contribution < 1.29 is 8.42 Å². The smallest absolute Gasteiger partial charge is 0.240 e. The highest BCUT2D eigenvalue weighted by Gasteiger charge is 2.12. The van der Waals surface area contributed by atoms with E-state index >= 15 is 0 Å². The number of nitrogens with one attached hydrogen (secondary N) is 2. The molecule has 1 aromatic carbocycles. The van der Waals surface area contributed by atoms with Crippen molar-refractivity contribution in [3.05, 3.63) is 30.4 Å². The Hall–Kier alpha value is -2.13. The molecular weight excluding hydrogens is 256 g/mol. The molecule has 18 heavy (non-hydrogen) atoms. The van der Waals surface area contributed by atoms with E-state index in [1.165, 1.54) is 18.5 Å². The van der Waals surface area contributed by atoms with Crippen LogP contribution in [-0.4, -0.2) is 23.6 Å². The van der Waals surface area contributed by atoms with Crippen molar-refractivity contribution in [1.29, 1.82) is 0 Å². The molecule has 0 atom stereocenters. The van der Waals surface area contributed by atoms with Crippen molar-refractivity contribution in [1.82, 2.24) is 15.2 Å². The molecule has 9 heteroatoms. The van der Waals surface area contributed by atoms with Gasteiger partial charge < -0.3 is 11.1 Å². The maximum Gasteiger partial charge on any atom is 0.240 e. The molecule has 0 aliphatic carbocycles. The summed E-state index contributed by atoms with van der Waals surface area (Å²) < 4.78 is 22.3. The molecule has 0 aliphatic rings. The first-order valence-electron chi connectivity index (χ1n) is 4.97. The number of sulfonamides is 1. The summed E-state index contributed by atoms with van der Waals surface area (Å²) in [4.78, 5) is 3.84. The van der Waals surface area contributed by atoms with E-state index in [-0.39, 0.29) is 10.6 Å². The van der Waals surface area contributed by atoms with Crippen LogP contribution in [0.5, 0.6) is 0 Å². The van der Waals surface area contributed by atoms with Crippen LogP contribution in [0.3, 0.4) is 0 Å². The van der Waals surface area contributed by atoms with Crippen LogP contribution in [0.2, 0.25) is 0 Å². The number of rotatable bonds is 4. The van der Waals surface area contributed by atoms with Gasteiger partial charge in [-0.3, -0.25) is 5.10 Å². The topological polar surface area (TPSA) is 140 Å². The lowest BCUT2D eigenvalue weighted by Gasteiger charge is -2.08. The van der Waals surface area contributed by atoms with Gasteiger partial charge in [0.1, 0.15) is 17.0 Å². The number of benzene rings is 1. The monoisotopic (exact) mass is 268 g/mol. The van der Waals surface area contributed by atoms with E-state index in [2.05, 4.69) is 20.5 Å². The lowest BCUT2D eigenvalue weighted by molar-refractivity contribution is 0.598. The molecular formula is C9H12N6O2S. The van der Waals surface area contributed by atoms with Gasteiger partial charge in [0.2, 0.25) is 10.0 Å². The summed E-state index contributed by atoms with van der Waals surface area (Å²) >= 11 is 0. The first-order chi connectivity index (χ1) is 8.47. The van der Waals surface area contributed by atoms with Gasteiger partial charge in [0.25, 0.3) is 0 Å². The lowest BCUT2D eigenvalue weighted by atomic mass is 10.3. The minimum Gasteiger partial charge on any atom is -0.398 e. The lowest BCUT2D eigenvalue weighted by Crippen LogP contribution is -2.14. The van der Waals surface area contributed by atoms with Crippen LogP contribution in [0.1, 0.15) is 5.82 Å². The van der Waals surface area contributed by atoms with Gasteiger partial charge >= 0.3 is 0 Å². The molecule has 1 heterocycles. The van der Waals surface area contributed by atoms with Crippen molar-refractivity contribution in [2.45, 2.75) is 11.4 Å². The predicted octanol–water partition coefficient (Wildman–Crippen LogP) is -0.354. The summed E-state index contributed by atoms with van der Waals surface area (Å²) in [5, 5.41) is 14.4. The van der Waals surface area contributed by atoms with Crippen molar-refractivity contribution in [2.24, 2.45) is 5.14 Å². The Labute approximate surface area is 103 Å². The Kier molecular flexibility index (Phi) is 3.17. The average molecular weight is 268 g/mol. The Bertz CT molecular complexity index is 637. The quantitative estimate of drug-likeness (QED) is 0.558. The molecule has 0 radical (unpaired) electrons. The number of hydrogen-bond donors (Lipinski definition) is 4. The summed E-state index contributed by atoms with van der Waals surface area (Å²) in [7, 11) is -3.79. The molecule has 1 aromatic heterocycles. The second-order valence-electron chi connectivity index (χ2n) is 3.58. The molecule has 0 unspecified atom stereocenters. The van der Waals surface area contributed by atoms with Gasteiger partial charge in [0.05, 0.1) is 12.2 Å². The Morgan fingerprint density at radius 2 is 2.17 bits per heavy atom. The molecule has 0 spiro atoms. The highest BCUT2D eigenvalue weighted by molar-refractivity contribution is 7.89. The number of nitrogen functional groups attached to an aromatic ring is 1. The highest BCUT2D eigenvalue weighted by atomic mass is 32.2. The largest absolute Gasteiger partial charge is 0.398 e. The highest BCUT2D eigenvalue weighted by Crippen LogP contribution is 2.21. The predicted molar refractivity (Wildman–Crippen MR) is 65.9 cm³/mol. The van der Waals surface area contributed by atoms with E-state index in [4.69, 9.17) is 10.9 Å². The minimum absolute atomic E-state index is 0.0901. The van der Waals surface area contributed by atoms with Gasteiger partial charge in [0, 0.05) is 5.69 Å². The molecule has 0 fully saturated rings. The van der Waals surface area contributed by atoms with Crippen molar-refractivity contribution >= 4 is 21.4 Å². The summed E-state index contributed by atoms with van der Waals surface area (Å²) in [6.45, 7) is 0.425. The van der Waals surface area contributed by atoms with Crippen LogP contribution in [0, 0.1) is 0 Å². The van der Waals surface area contributed by atoms with Gasteiger partial charge in [0.15, 0.2) is 0 Å². The van der Waals surface area contributed by atoms with Crippen molar-refractivity contribution in [3.63, 3.8) is 0 Å². The van der Waals surface area contributed by atoms with E-state index < -0.39 is 10.0 Å². The summed E-state index contributed by atoms with van der Waals surface area (Å²) in [5.74, 6) is 0.657. The SMILES string of the molecule is Nc1cc(NCc2ncn[nH]2)ccc1S(N)(=O)=O. The standard InChI is InChI=1S/C9H12N6O2S/c10-7-3-6(1-2-8(7)18(11,16)17)12-4-9-13-5-14-15-9/h1-3,5,12H,4,10H2,(H2,11,16,17)(H,13,14,15). The Morgan fingerprint density at radius 3 is 2.72 bits per heavy atom. The fraction of sp³-hybridized carbons (Fsp3) is 0.111. The first-order valence-corrected chi connectivity index (χ1v) is 6.52. The zero-order valence-electron chi connectivity index (χ0n) is 9.29. The van der Waals surface area contributed by atoms with Crippen LogP contribution in [0.15, 0.2) is 29.4 Å². The third kappa shape index (κ3) is 2.76. The van der Waals surface area contributed by atoms with Crippen LogP contribution in [-0.2, 0) is 16.6 Å². The Balaban J connectivity index is 2.14. The number of aromatic nitrogens is 3. The van der Waals surface area contributed by atoms with E-state index in [0.29, 0.717) is 18.1 Å². The number of aromatic amines is 1. The first kappa shape index (κ1) is 12.3. The molecule has 2 aromatic rings. The fourth-order valence-corrected chi connectivity index (χ4v) is 2.06. The zero-order valence-corrected chi connectivity index (χ0v) is 10.1. The van der Waals surface area contributed by atoms with Gasteiger partial charge in [-0.1, -0.05) is 0 Å². The molecule has 0 aliphatic heterocycles. The molecule has 0 bridgehead atoms. The minimum atomic E-state index is -3.79. The molecule has 0 saturated heterocycles. The molecule has 8 nitrogen and oxygen atoms in total. The average Bonchev–Trinajstić information content (AvgIpc) is 2.77. The molecule has 2 rings (SSSR count). The van der Waals surface area contributed by atoms with Crippen LogP contribution in [0.4, 0.5) is 11.4 Å². The number of primary sulfonamides is 1. The molecule has 0 amide bonds. The van der Waals surface area contributed by atoms with Gasteiger partial charge in [-0.25, -0.2) is 18.5 Å². The van der Waals surface area contributed by atoms with Gasteiger partial charge in [-0.15, -0.1) is 0 Å². The number of nitrogens with two attached hydrogens (primary N) is 2. The van der Waals surface area contributed by atoms with Crippen LogP contribution in [0.25, 0.3) is 0 Å². The number of anilines is 2. The second kappa shape index (κ2) is 4.63. The number of hydrogen-bond acceptors (Lipinski definition) is 6. The van der Waals surface area contributed by atoms with Crippen molar-refractivity contribution in [3.8, 4) is 0 Å². The molecule has 6 N–H and O–H groups in total. The maximum absolute atomic E-state index is 11.2. The van der Waals surface area contributed by atoms with E-state index in [1.807, 2.05) is 0 Å². The number of H-pyrrole nitrogens is 1. The van der Waals surface area contributed by atoms with E-state index in [0.717, 1.165) is 0 Å².